The van der Waals surface area contributed by atoms with Gasteiger partial charge in [0.05, 0.1) is 0 Å². The molecular weight excluding hydrogens is 297 g/mol. The first-order chi connectivity index (χ1) is 3.91. The molecule has 0 radical (unpaired) electrons. The van der Waals surface area contributed by atoms with Crippen molar-refractivity contribution >= 4 is 38.8 Å². The fourth-order valence-electron chi connectivity index (χ4n) is 0. The van der Waals surface area contributed by atoms with Gasteiger partial charge in [-0.25, -0.2) is 0 Å². The molecule has 2 nitrogen and oxygen atoms in total. The van der Waals surface area contributed by atoms with Gasteiger partial charge in [-0.3, -0.25) is 0 Å². The Balaban J connectivity index is 0. The van der Waals surface area contributed by atoms with E-state index in [-0.39, 0.29) is 13.1 Å². The van der Waals surface area contributed by atoms with E-state index in [9.17, 15) is 0 Å². The average molecular weight is 303 g/mol. The Morgan fingerprint density at radius 2 is 1.00 bits per heavy atom. The molecule has 0 unspecified atom stereocenters. The molecule has 0 aromatic heterocycles. The largest absolute Gasteiger partial charge is 0.679 e. The first kappa shape index (κ1) is 13.3. The SMILES string of the molecule is [Cl][Rh]([Cl])([Cl])[Cl].[NH-]CC[NH-]. The van der Waals surface area contributed by atoms with Crippen LogP contribution in [0.1, 0.15) is 0 Å². The van der Waals surface area contributed by atoms with E-state index in [4.69, 9.17) is 50.2 Å². The van der Waals surface area contributed by atoms with Gasteiger partial charge in [-0.1, -0.05) is 0 Å². The number of hydrogen-bond acceptors (Lipinski definition) is 0. The Hall–Kier alpha value is 1.70. The predicted octanol–water partition coefficient (Wildman–Crippen LogP) is 3.85. The summed E-state index contributed by atoms with van der Waals surface area (Å²) in [5, 5.41) is 0. The fraction of sp³-hybridized carbons (Fsp3) is 1.00. The molecule has 0 aromatic rings. The van der Waals surface area contributed by atoms with Gasteiger partial charge in [-0.05, 0) is 0 Å². The van der Waals surface area contributed by atoms with E-state index >= 15 is 0 Å². The first-order valence-corrected chi connectivity index (χ1v) is 10.2. The van der Waals surface area contributed by atoms with Crippen LogP contribution < -0.4 is 0 Å². The Kier molecular flexibility index (Phi) is 11.5. The van der Waals surface area contributed by atoms with Gasteiger partial charge in [0.25, 0.3) is 0 Å². The van der Waals surface area contributed by atoms with E-state index in [0.29, 0.717) is 0 Å². The smallest absolute Gasteiger partial charge is 0.171 e. The molecule has 0 saturated heterocycles. The Morgan fingerprint density at radius 1 is 0.889 bits per heavy atom. The molecule has 0 saturated carbocycles. The summed E-state index contributed by atoms with van der Waals surface area (Å²) >= 11 is 0. The topological polar surface area (TPSA) is 47.6 Å². The standard InChI is InChI=1S/C2H6N2.4ClH.Rh/c3-1-2-4;;;;;/h3-4H,1-2H2;4*1H;/q-2;;;;;+4/p-4. The van der Waals surface area contributed by atoms with Crippen LogP contribution in [0.2, 0.25) is 0 Å². The molecule has 0 spiro atoms. The summed E-state index contributed by atoms with van der Waals surface area (Å²) in [6, 6.07) is 0. The molecule has 7 heteroatoms. The number of hydrogen-bond donors (Lipinski definition) is 0. The van der Waals surface area contributed by atoms with Crippen LogP contribution in [0.3, 0.4) is 0 Å². The quantitative estimate of drug-likeness (QED) is 0.661. The van der Waals surface area contributed by atoms with Crippen molar-refractivity contribution in [1.29, 1.82) is 0 Å². The van der Waals surface area contributed by atoms with Gasteiger partial charge in [0.1, 0.15) is 0 Å². The molecule has 0 rings (SSSR count). The maximum Gasteiger partial charge on any atom is -0.171 e. The van der Waals surface area contributed by atoms with E-state index < -0.39 is 10.8 Å². The van der Waals surface area contributed by atoms with Crippen molar-refractivity contribution in [2.24, 2.45) is 0 Å². The zero-order valence-electron chi connectivity index (χ0n) is 4.26. The predicted molar refractivity (Wildman–Crippen MR) is 41.8 cm³/mol. The van der Waals surface area contributed by atoms with Crippen molar-refractivity contribution in [2.45, 2.75) is 0 Å². The van der Waals surface area contributed by atoms with Gasteiger partial charge in [0, 0.05) is 0 Å². The molecular formula is C2H6Cl4N2Rh-2. The van der Waals surface area contributed by atoms with E-state index in [0.717, 1.165) is 0 Å². The third kappa shape index (κ3) is 78.8. The van der Waals surface area contributed by atoms with Crippen molar-refractivity contribution in [1.82, 2.24) is 0 Å². The molecule has 9 heavy (non-hydrogen) atoms. The molecule has 0 bridgehead atoms. The van der Waals surface area contributed by atoms with Crippen LogP contribution in [0.4, 0.5) is 0 Å². The summed E-state index contributed by atoms with van der Waals surface area (Å²) in [5.74, 6) is 0. The molecule has 0 aromatic carbocycles. The third-order valence-electron chi connectivity index (χ3n) is 0.125. The maximum atomic E-state index is 6.26. The summed E-state index contributed by atoms with van der Waals surface area (Å²) in [5.41, 5.74) is 12.5. The van der Waals surface area contributed by atoms with Crippen molar-refractivity contribution in [3.05, 3.63) is 11.5 Å². The number of rotatable bonds is 1. The molecule has 0 heterocycles. The third-order valence-corrected chi connectivity index (χ3v) is 0.125. The van der Waals surface area contributed by atoms with Crippen LogP contribution in [0, 0.1) is 0 Å². The second kappa shape index (κ2) is 7.81. The summed E-state index contributed by atoms with van der Waals surface area (Å²) in [7, 11) is 17.1. The Bertz CT molecular complexity index is 47.0. The minimum Gasteiger partial charge on any atom is -0.679 e. The normalized spacial score (nSPS) is 11.8. The van der Waals surface area contributed by atoms with Crippen LogP contribution in [0.5, 0.6) is 0 Å². The van der Waals surface area contributed by atoms with E-state index in [1.807, 2.05) is 0 Å². The molecule has 0 aliphatic carbocycles. The zero-order valence-corrected chi connectivity index (χ0v) is 8.92. The van der Waals surface area contributed by atoms with E-state index in [1.54, 1.807) is 0 Å². The van der Waals surface area contributed by atoms with Crippen LogP contribution >= 0.6 is 38.8 Å². The molecule has 63 valence electrons. The van der Waals surface area contributed by atoms with Crippen LogP contribution in [-0.2, 0) is 10.8 Å². The summed E-state index contributed by atoms with van der Waals surface area (Å²) < 4.78 is 0. The van der Waals surface area contributed by atoms with Crippen LogP contribution in [0.15, 0.2) is 0 Å². The van der Waals surface area contributed by atoms with Gasteiger partial charge in [-0.15, -0.1) is 0 Å². The summed E-state index contributed by atoms with van der Waals surface area (Å²) in [6.45, 7) is 0.472. The van der Waals surface area contributed by atoms with Crippen LogP contribution in [0.25, 0.3) is 11.5 Å². The number of nitrogens with one attached hydrogen (secondary N) is 2. The zero-order chi connectivity index (χ0) is 7.91. The molecule has 2 N–H and O–H groups in total. The van der Waals surface area contributed by atoms with Gasteiger partial charge >= 0.3 is 49.6 Å². The first-order valence-electron chi connectivity index (χ1n) is 1.71. The van der Waals surface area contributed by atoms with Crippen LogP contribution in [-0.4, -0.2) is 13.1 Å². The minimum atomic E-state index is -2.89. The Labute approximate surface area is 73.8 Å². The van der Waals surface area contributed by atoms with Crippen molar-refractivity contribution in [2.75, 3.05) is 13.1 Å². The Morgan fingerprint density at radius 3 is 1.00 bits per heavy atom. The molecule has 0 atom stereocenters. The summed E-state index contributed by atoms with van der Waals surface area (Å²) in [4.78, 5) is 0. The molecule has 0 aliphatic heterocycles. The number of halogens is 4. The van der Waals surface area contributed by atoms with E-state index in [1.165, 1.54) is 0 Å². The van der Waals surface area contributed by atoms with Gasteiger partial charge in [0.2, 0.25) is 0 Å². The molecule has 0 aliphatic rings. The van der Waals surface area contributed by atoms with Crippen molar-refractivity contribution in [3.8, 4) is 0 Å². The van der Waals surface area contributed by atoms with Crippen molar-refractivity contribution < 1.29 is 10.8 Å². The minimum absolute atomic E-state index is 0.236. The van der Waals surface area contributed by atoms with Gasteiger partial charge < -0.3 is 11.5 Å². The molecule has 0 amide bonds. The average Bonchev–Trinajstić information content (AvgIpc) is 1.61. The van der Waals surface area contributed by atoms with E-state index in [2.05, 4.69) is 0 Å². The molecule has 0 fully saturated rings. The second-order valence-corrected chi connectivity index (χ2v) is 15.7. The fourth-order valence-corrected chi connectivity index (χ4v) is 0. The van der Waals surface area contributed by atoms with Crippen molar-refractivity contribution in [3.63, 3.8) is 0 Å². The van der Waals surface area contributed by atoms with Gasteiger partial charge in [-0.2, -0.15) is 13.1 Å². The summed E-state index contributed by atoms with van der Waals surface area (Å²) in [6.07, 6.45) is 0. The second-order valence-electron chi connectivity index (χ2n) is 0.786. The monoisotopic (exact) mass is 301 g/mol. The van der Waals surface area contributed by atoms with Gasteiger partial charge in [0.15, 0.2) is 0 Å². The maximum absolute atomic E-state index is 6.26.